The fourth-order valence-corrected chi connectivity index (χ4v) is 4.42. The number of carbonyl (C=O) groups is 2. The van der Waals surface area contributed by atoms with Crippen molar-refractivity contribution >= 4 is 23.5 Å². The third kappa shape index (κ3) is 5.65. The highest BCUT2D eigenvalue weighted by molar-refractivity contribution is 7.17. The molecule has 0 aliphatic carbocycles. The number of aldehydes is 1. The molecule has 0 aliphatic rings. The number of amides is 1. The average Bonchev–Trinajstić information content (AvgIpc) is 3.44. The van der Waals surface area contributed by atoms with Gasteiger partial charge in [-0.1, -0.05) is 19.0 Å². The quantitative estimate of drug-likeness (QED) is 0.360. The summed E-state index contributed by atoms with van der Waals surface area (Å²) in [5.74, 6) is 0.487. The summed E-state index contributed by atoms with van der Waals surface area (Å²) in [4.78, 5) is 28.1. The van der Waals surface area contributed by atoms with Crippen molar-refractivity contribution in [1.29, 1.82) is 0 Å². The first-order valence-electron chi connectivity index (χ1n) is 10.6. The summed E-state index contributed by atoms with van der Waals surface area (Å²) in [6.07, 6.45) is -0.445. The minimum Gasteiger partial charge on any atom is -0.490 e. The number of aliphatic hydroxyl groups is 2. The van der Waals surface area contributed by atoms with Crippen LogP contribution in [0.4, 0.5) is 0 Å². The van der Waals surface area contributed by atoms with Crippen LogP contribution in [-0.2, 0) is 17.6 Å². The zero-order valence-electron chi connectivity index (χ0n) is 18.7. The van der Waals surface area contributed by atoms with Crippen molar-refractivity contribution < 1.29 is 29.1 Å². The Morgan fingerprint density at radius 2 is 1.97 bits per heavy atom. The second-order valence-corrected chi connectivity index (χ2v) is 8.73. The van der Waals surface area contributed by atoms with E-state index in [1.807, 2.05) is 39.0 Å². The molecule has 10 heteroatoms. The van der Waals surface area contributed by atoms with Gasteiger partial charge in [-0.3, -0.25) is 9.59 Å². The highest BCUT2D eigenvalue weighted by Crippen LogP contribution is 2.34. The predicted molar refractivity (Wildman–Crippen MR) is 123 cm³/mol. The Morgan fingerprint density at radius 1 is 1.24 bits per heavy atom. The SMILES string of the molecule is CCc1cc(-c2nc(-c3cc(C)c(OC[C@@H](O)CC(O)C(N)=O)c(CC)c3)no2)sc1C=O. The monoisotopic (exact) mass is 473 g/mol. The fraction of sp³-hybridized carbons (Fsp3) is 0.391. The first-order valence-corrected chi connectivity index (χ1v) is 11.4. The van der Waals surface area contributed by atoms with E-state index >= 15 is 0 Å². The Balaban J connectivity index is 1.80. The first kappa shape index (κ1) is 24.6. The minimum atomic E-state index is -1.43. The Kier molecular flexibility index (Phi) is 7.96. The van der Waals surface area contributed by atoms with E-state index < -0.39 is 18.1 Å². The molecule has 1 aromatic carbocycles. The van der Waals surface area contributed by atoms with Crippen LogP contribution in [0, 0.1) is 6.92 Å². The van der Waals surface area contributed by atoms with Gasteiger partial charge in [0.15, 0.2) is 6.29 Å². The summed E-state index contributed by atoms with van der Waals surface area (Å²) < 4.78 is 11.2. The first-order chi connectivity index (χ1) is 15.8. The van der Waals surface area contributed by atoms with Crippen LogP contribution < -0.4 is 10.5 Å². The number of carbonyl (C=O) groups excluding carboxylic acids is 2. The highest BCUT2D eigenvalue weighted by Gasteiger charge is 2.20. The van der Waals surface area contributed by atoms with Crippen molar-refractivity contribution in [2.75, 3.05) is 6.61 Å². The predicted octanol–water partition coefficient (Wildman–Crippen LogP) is 2.69. The van der Waals surface area contributed by atoms with Crippen molar-refractivity contribution in [1.82, 2.24) is 10.1 Å². The number of benzene rings is 1. The fourth-order valence-electron chi connectivity index (χ4n) is 3.43. The summed E-state index contributed by atoms with van der Waals surface area (Å²) in [6.45, 7) is 5.72. The number of aromatic nitrogens is 2. The molecule has 0 saturated heterocycles. The van der Waals surface area contributed by atoms with E-state index in [-0.39, 0.29) is 13.0 Å². The van der Waals surface area contributed by atoms with Crippen LogP contribution in [0.15, 0.2) is 22.7 Å². The molecule has 4 N–H and O–H groups in total. The molecule has 33 heavy (non-hydrogen) atoms. The van der Waals surface area contributed by atoms with Crippen LogP contribution in [-0.4, -0.2) is 51.4 Å². The van der Waals surface area contributed by atoms with Crippen LogP contribution in [0.5, 0.6) is 5.75 Å². The summed E-state index contributed by atoms with van der Waals surface area (Å²) in [5.41, 5.74) is 8.41. The maximum Gasteiger partial charge on any atom is 0.268 e. The molecule has 0 fully saturated rings. The van der Waals surface area contributed by atoms with Crippen LogP contribution >= 0.6 is 11.3 Å². The molecule has 176 valence electrons. The van der Waals surface area contributed by atoms with Gasteiger partial charge in [-0.15, -0.1) is 11.3 Å². The number of aryl methyl sites for hydroxylation is 3. The van der Waals surface area contributed by atoms with Gasteiger partial charge in [-0.25, -0.2) is 0 Å². The lowest BCUT2D eigenvalue weighted by atomic mass is 10.0. The number of thiophene rings is 1. The molecule has 0 radical (unpaired) electrons. The van der Waals surface area contributed by atoms with Gasteiger partial charge in [-0.2, -0.15) is 4.98 Å². The molecule has 0 saturated carbocycles. The number of nitrogens with two attached hydrogens (primary N) is 1. The van der Waals surface area contributed by atoms with Crippen LogP contribution in [0.25, 0.3) is 22.2 Å². The molecular weight excluding hydrogens is 446 g/mol. The number of primary amides is 1. The molecule has 1 unspecified atom stereocenters. The van der Waals surface area contributed by atoms with E-state index in [1.54, 1.807) is 0 Å². The Morgan fingerprint density at radius 3 is 2.58 bits per heavy atom. The lowest BCUT2D eigenvalue weighted by molar-refractivity contribution is -0.127. The minimum absolute atomic E-state index is 0.0961. The topological polar surface area (TPSA) is 149 Å². The van der Waals surface area contributed by atoms with Crippen LogP contribution in [0.2, 0.25) is 0 Å². The molecule has 2 atom stereocenters. The maximum absolute atomic E-state index is 11.3. The Hall–Kier alpha value is -3.08. The van der Waals surface area contributed by atoms with Gasteiger partial charge in [0.2, 0.25) is 11.7 Å². The van der Waals surface area contributed by atoms with Gasteiger partial charge in [-0.05, 0) is 54.7 Å². The molecule has 9 nitrogen and oxygen atoms in total. The third-order valence-corrected chi connectivity index (χ3v) is 6.29. The molecule has 0 spiro atoms. The van der Waals surface area contributed by atoms with Gasteiger partial charge >= 0.3 is 0 Å². The Labute approximate surface area is 195 Å². The molecule has 2 heterocycles. The smallest absolute Gasteiger partial charge is 0.268 e. The summed E-state index contributed by atoms with van der Waals surface area (Å²) in [6, 6.07) is 5.65. The second-order valence-electron chi connectivity index (χ2n) is 7.65. The molecule has 0 aliphatic heterocycles. The van der Waals surface area contributed by atoms with Crippen molar-refractivity contribution in [2.24, 2.45) is 5.73 Å². The number of nitrogens with zero attached hydrogens (tertiary/aromatic N) is 2. The molecule has 1 amide bonds. The van der Waals surface area contributed by atoms with Gasteiger partial charge in [0.25, 0.3) is 5.89 Å². The van der Waals surface area contributed by atoms with Gasteiger partial charge in [0.05, 0.1) is 15.9 Å². The molecular formula is C23H27N3O6S. The zero-order chi connectivity index (χ0) is 24.1. The van der Waals surface area contributed by atoms with Gasteiger partial charge < -0.3 is 25.2 Å². The summed E-state index contributed by atoms with van der Waals surface area (Å²) in [7, 11) is 0. The van der Waals surface area contributed by atoms with Crippen molar-refractivity contribution in [2.45, 2.75) is 52.2 Å². The van der Waals surface area contributed by atoms with E-state index in [2.05, 4.69) is 10.1 Å². The van der Waals surface area contributed by atoms with Crippen molar-refractivity contribution in [3.63, 3.8) is 0 Å². The van der Waals surface area contributed by atoms with Crippen LogP contribution in [0.1, 0.15) is 46.6 Å². The maximum atomic E-state index is 11.3. The van der Waals surface area contributed by atoms with E-state index in [9.17, 15) is 19.8 Å². The number of aliphatic hydroxyl groups excluding tert-OH is 2. The van der Waals surface area contributed by atoms with E-state index in [0.29, 0.717) is 28.8 Å². The highest BCUT2D eigenvalue weighted by atomic mass is 32.1. The third-order valence-electron chi connectivity index (χ3n) is 5.20. The summed E-state index contributed by atoms with van der Waals surface area (Å²) in [5, 5.41) is 23.7. The number of hydrogen-bond acceptors (Lipinski definition) is 9. The lowest BCUT2D eigenvalue weighted by Crippen LogP contribution is -2.33. The molecule has 3 rings (SSSR count). The largest absolute Gasteiger partial charge is 0.490 e. The normalized spacial score (nSPS) is 13.0. The molecule has 2 aromatic heterocycles. The molecule has 3 aromatic rings. The summed E-state index contributed by atoms with van der Waals surface area (Å²) >= 11 is 1.32. The number of rotatable bonds is 11. The Bertz CT molecular complexity index is 1140. The van der Waals surface area contributed by atoms with Crippen LogP contribution in [0.3, 0.4) is 0 Å². The average molecular weight is 474 g/mol. The van der Waals surface area contributed by atoms with Gasteiger partial charge in [0, 0.05) is 12.0 Å². The number of hydrogen-bond donors (Lipinski definition) is 3. The van der Waals surface area contributed by atoms with Crippen molar-refractivity contribution in [3.05, 3.63) is 39.8 Å². The molecule has 0 bridgehead atoms. The number of ether oxygens (including phenoxy) is 1. The van der Waals surface area contributed by atoms with E-state index in [0.717, 1.165) is 39.8 Å². The van der Waals surface area contributed by atoms with Crippen molar-refractivity contribution in [3.8, 4) is 27.9 Å². The van der Waals surface area contributed by atoms with Gasteiger partial charge in [0.1, 0.15) is 18.5 Å². The second kappa shape index (κ2) is 10.7. The lowest BCUT2D eigenvalue weighted by Gasteiger charge is -2.18. The van der Waals surface area contributed by atoms with E-state index in [1.165, 1.54) is 11.3 Å². The van der Waals surface area contributed by atoms with E-state index in [4.69, 9.17) is 15.0 Å². The zero-order valence-corrected chi connectivity index (χ0v) is 19.5. The standard InChI is InChI=1S/C23H27N3O6S/c1-4-13-8-18(33-19(13)10-27)23-25-22(26-32-23)15-6-12(3)20(14(5-2)7-15)31-11-16(28)9-17(29)21(24)30/h6-8,10,16-17,28-29H,4-5,9,11H2,1-3H3,(H2,24,30)/t16-,17?/m0/s1.